The van der Waals surface area contributed by atoms with Crippen LogP contribution in [-0.2, 0) is 16.1 Å². The molecule has 4 bridgehead atoms. The second-order valence-corrected chi connectivity index (χ2v) is 7.66. The lowest BCUT2D eigenvalue weighted by atomic mass is 9.49. The molecule has 1 N–H and O–H groups in total. The maximum absolute atomic E-state index is 12.2. The van der Waals surface area contributed by atoms with Gasteiger partial charge in [-0.05, 0) is 49.0 Å². The number of benzene rings is 1. The third kappa shape index (κ3) is 2.87. The van der Waals surface area contributed by atoms with Gasteiger partial charge < -0.3 is 10.1 Å². The summed E-state index contributed by atoms with van der Waals surface area (Å²) in [5.74, 6) is 1.68. The Morgan fingerprint density at radius 3 is 2.52 bits per heavy atom. The van der Waals surface area contributed by atoms with Gasteiger partial charge in [0, 0.05) is 18.4 Å². The number of carbonyl (C=O) groups is 2. The first-order chi connectivity index (χ1) is 11.1. The molecule has 1 unspecified atom stereocenters. The normalized spacial score (nSPS) is 34.4. The van der Waals surface area contributed by atoms with Gasteiger partial charge in [0.15, 0.2) is 0 Å². The summed E-state index contributed by atoms with van der Waals surface area (Å²) in [6.45, 7) is 0.948. The quantitative estimate of drug-likeness (QED) is 0.928. The summed E-state index contributed by atoms with van der Waals surface area (Å²) < 4.78 is 5.30. The van der Waals surface area contributed by atoms with Gasteiger partial charge in [0.05, 0.1) is 0 Å². The molecule has 4 fully saturated rings. The summed E-state index contributed by atoms with van der Waals surface area (Å²) in [6, 6.07) is 9.69. The zero-order valence-electron chi connectivity index (χ0n) is 13.3. The first kappa shape index (κ1) is 14.7. The van der Waals surface area contributed by atoms with Crippen LogP contribution in [0.2, 0.25) is 0 Å². The van der Waals surface area contributed by atoms with Crippen LogP contribution in [0.3, 0.4) is 0 Å². The topological polar surface area (TPSA) is 55.4 Å². The third-order valence-corrected chi connectivity index (χ3v) is 5.94. The highest BCUT2D eigenvalue weighted by Crippen LogP contribution is 2.58. The fourth-order valence-corrected chi connectivity index (χ4v) is 5.16. The fourth-order valence-electron chi connectivity index (χ4n) is 5.16. The van der Waals surface area contributed by atoms with Crippen LogP contribution in [0.25, 0.3) is 0 Å². The number of rotatable bonds is 4. The molecule has 0 aliphatic heterocycles. The number of ether oxygens (including phenoxy) is 1. The number of hydrogen-bond donors (Lipinski definition) is 1. The zero-order valence-corrected chi connectivity index (χ0v) is 13.3. The Balaban J connectivity index is 1.31. The number of amides is 1. The SMILES string of the molecule is O=C(NC[C@]12CC3C[C@H](C1)C(=O)[C@@H](C3)C2)OCc1ccccc1. The molecule has 0 aromatic heterocycles. The molecule has 122 valence electrons. The Labute approximate surface area is 136 Å². The van der Waals surface area contributed by atoms with Gasteiger partial charge in [0.2, 0.25) is 0 Å². The fraction of sp³-hybridized carbons (Fsp3) is 0.579. The molecular weight excluding hydrogens is 290 g/mol. The van der Waals surface area contributed by atoms with Gasteiger partial charge >= 0.3 is 6.09 Å². The van der Waals surface area contributed by atoms with Crippen molar-refractivity contribution in [2.45, 2.75) is 38.7 Å². The van der Waals surface area contributed by atoms with Crippen LogP contribution < -0.4 is 5.32 Å². The Kier molecular flexibility index (Phi) is 3.63. The van der Waals surface area contributed by atoms with Crippen molar-refractivity contribution in [3.8, 4) is 0 Å². The molecule has 4 heteroatoms. The van der Waals surface area contributed by atoms with Gasteiger partial charge in [-0.3, -0.25) is 4.79 Å². The first-order valence-electron chi connectivity index (χ1n) is 8.62. The molecule has 4 aliphatic rings. The van der Waals surface area contributed by atoms with Gasteiger partial charge in [-0.15, -0.1) is 0 Å². The predicted molar refractivity (Wildman–Crippen MR) is 85.6 cm³/mol. The van der Waals surface area contributed by atoms with Crippen molar-refractivity contribution in [2.75, 3.05) is 6.54 Å². The lowest BCUT2D eigenvalue weighted by molar-refractivity contribution is -0.147. The maximum Gasteiger partial charge on any atom is 0.407 e. The minimum atomic E-state index is -0.351. The number of ketones is 1. The van der Waals surface area contributed by atoms with Crippen molar-refractivity contribution >= 4 is 11.9 Å². The molecule has 4 saturated carbocycles. The van der Waals surface area contributed by atoms with Crippen LogP contribution in [0.5, 0.6) is 0 Å². The van der Waals surface area contributed by atoms with Gasteiger partial charge in [0.25, 0.3) is 0 Å². The molecule has 0 heterocycles. The van der Waals surface area contributed by atoms with Crippen LogP contribution >= 0.6 is 0 Å². The van der Waals surface area contributed by atoms with Crippen LogP contribution in [0.1, 0.15) is 37.7 Å². The Hall–Kier alpha value is -1.84. The molecule has 0 saturated heterocycles. The lowest BCUT2D eigenvalue weighted by Gasteiger charge is -2.55. The van der Waals surface area contributed by atoms with E-state index in [2.05, 4.69) is 5.32 Å². The summed E-state index contributed by atoms with van der Waals surface area (Å²) in [5, 5.41) is 2.95. The van der Waals surface area contributed by atoms with E-state index in [4.69, 9.17) is 4.74 Å². The van der Waals surface area contributed by atoms with E-state index < -0.39 is 0 Å². The standard InChI is InChI=1S/C19H23NO3/c21-17-15-6-14-7-16(17)10-19(8-14,9-15)12-20-18(22)23-11-13-4-2-1-3-5-13/h1-5,14-16H,6-12H2,(H,20,22)/t14?,15-,16+,19-. The Morgan fingerprint density at radius 1 is 1.13 bits per heavy atom. The average Bonchev–Trinajstić information content (AvgIpc) is 2.56. The molecular formula is C19H23NO3. The van der Waals surface area contributed by atoms with Crippen LogP contribution in [0, 0.1) is 23.2 Å². The first-order valence-corrected chi connectivity index (χ1v) is 8.62. The number of Topliss-reactive ketones (excluding diaryl/α,β-unsaturated/α-hetero) is 1. The highest BCUT2D eigenvalue weighted by atomic mass is 16.5. The molecule has 23 heavy (non-hydrogen) atoms. The van der Waals surface area contributed by atoms with Crippen molar-refractivity contribution < 1.29 is 14.3 Å². The highest BCUT2D eigenvalue weighted by molar-refractivity contribution is 5.85. The average molecular weight is 313 g/mol. The van der Waals surface area contributed by atoms with E-state index in [0.717, 1.165) is 37.7 Å². The molecule has 1 aromatic carbocycles. The molecule has 1 aromatic rings. The smallest absolute Gasteiger partial charge is 0.407 e. The van der Waals surface area contributed by atoms with Crippen molar-refractivity contribution in [3.63, 3.8) is 0 Å². The summed E-state index contributed by atoms with van der Waals surface area (Å²) in [6.07, 6.45) is 4.88. The minimum absolute atomic E-state index is 0.135. The summed E-state index contributed by atoms with van der Waals surface area (Å²) in [7, 11) is 0. The third-order valence-electron chi connectivity index (χ3n) is 5.94. The Morgan fingerprint density at radius 2 is 1.83 bits per heavy atom. The van der Waals surface area contributed by atoms with Crippen molar-refractivity contribution in [2.24, 2.45) is 23.2 Å². The number of hydrogen-bond acceptors (Lipinski definition) is 3. The van der Waals surface area contributed by atoms with Crippen LogP contribution in [0.4, 0.5) is 4.79 Å². The molecule has 4 atom stereocenters. The molecule has 1 amide bonds. The monoisotopic (exact) mass is 313 g/mol. The second kappa shape index (κ2) is 5.66. The van der Waals surface area contributed by atoms with E-state index in [0.29, 0.717) is 24.9 Å². The van der Waals surface area contributed by atoms with Gasteiger partial charge in [-0.25, -0.2) is 4.79 Å². The molecule has 0 spiro atoms. The second-order valence-electron chi connectivity index (χ2n) is 7.66. The number of carbonyl (C=O) groups excluding carboxylic acids is 2. The summed E-state index contributed by atoms with van der Waals surface area (Å²) in [4.78, 5) is 24.2. The van der Waals surface area contributed by atoms with Gasteiger partial charge in [-0.2, -0.15) is 0 Å². The Bertz CT molecular complexity index is 594. The van der Waals surface area contributed by atoms with E-state index in [1.807, 2.05) is 30.3 Å². The number of nitrogens with one attached hydrogen (secondary N) is 1. The van der Waals surface area contributed by atoms with E-state index in [9.17, 15) is 9.59 Å². The predicted octanol–water partition coefficient (Wildman–Crippen LogP) is 3.31. The minimum Gasteiger partial charge on any atom is -0.445 e. The van der Waals surface area contributed by atoms with Gasteiger partial charge in [-0.1, -0.05) is 30.3 Å². The van der Waals surface area contributed by atoms with Crippen molar-refractivity contribution in [1.82, 2.24) is 5.32 Å². The highest BCUT2D eigenvalue weighted by Gasteiger charge is 2.54. The summed E-state index contributed by atoms with van der Waals surface area (Å²) >= 11 is 0. The van der Waals surface area contributed by atoms with Crippen LogP contribution in [-0.4, -0.2) is 18.4 Å². The molecule has 0 radical (unpaired) electrons. The maximum atomic E-state index is 12.2. The molecule has 5 rings (SSSR count). The lowest BCUT2D eigenvalue weighted by Crippen LogP contribution is -2.55. The zero-order chi connectivity index (χ0) is 15.9. The van der Waals surface area contributed by atoms with Crippen LogP contribution in [0.15, 0.2) is 30.3 Å². The number of alkyl carbamates (subject to hydrolysis) is 1. The molecule has 4 aliphatic carbocycles. The van der Waals surface area contributed by atoms with E-state index in [-0.39, 0.29) is 23.3 Å². The van der Waals surface area contributed by atoms with Crippen molar-refractivity contribution in [1.29, 1.82) is 0 Å². The summed E-state index contributed by atoms with van der Waals surface area (Å²) in [5.41, 5.74) is 1.12. The van der Waals surface area contributed by atoms with Crippen molar-refractivity contribution in [3.05, 3.63) is 35.9 Å². The van der Waals surface area contributed by atoms with E-state index in [1.54, 1.807) is 0 Å². The van der Waals surface area contributed by atoms with Gasteiger partial charge in [0.1, 0.15) is 12.4 Å². The van der Waals surface area contributed by atoms with E-state index >= 15 is 0 Å². The largest absolute Gasteiger partial charge is 0.445 e. The van der Waals surface area contributed by atoms with E-state index in [1.165, 1.54) is 0 Å². The molecule has 4 nitrogen and oxygen atoms in total.